The number of anilines is 1. The van der Waals surface area contributed by atoms with Gasteiger partial charge in [0.15, 0.2) is 5.82 Å². The normalized spacial score (nSPS) is 15.4. The molecule has 0 spiro atoms. The number of hydrogen-bond donors (Lipinski definition) is 1. The summed E-state index contributed by atoms with van der Waals surface area (Å²) in [6, 6.07) is 16.5. The van der Waals surface area contributed by atoms with Crippen LogP contribution in [0.3, 0.4) is 0 Å². The van der Waals surface area contributed by atoms with Crippen LogP contribution in [-0.4, -0.2) is 47.2 Å². The average Bonchev–Trinajstić information content (AvgIpc) is 3.15. The Bertz CT molecular complexity index is 855. The van der Waals surface area contributed by atoms with Crippen LogP contribution in [0, 0.1) is 0 Å². The number of fused-ring (bicyclic) bond motifs is 1. The van der Waals surface area contributed by atoms with Gasteiger partial charge in [0.1, 0.15) is 6.26 Å². The van der Waals surface area contributed by atoms with Gasteiger partial charge in [-0.2, -0.15) is 0 Å². The summed E-state index contributed by atoms with van der Waals surface area (Å²) >= 11 is 0. The molecular weight excluding hydrogens is 316 g/mol. The predicted molar refractivity (Wildman–Crippen MR) is 96.3 cm³/mol. The van der Waals surface area contributed by atoms with E-state index in [4.69, 9.17) is 4.52 Å². The molecule has 128 valence electrons. The highest BCUT2D eigenvalue weighted by Gasteiger charge is 2.21. The van der Waals surface area contributed by atoms with E-state index in [0.29, 0.717) is 18.9 Å². The third kappa shape index (κ3) is 3.64. The first-order chi connectivity index (χ1) is 12.3. The fourth-order valence-corrected chi connectivity index (χ4v) is 3.17. The maximum atomic E-state index is 12.2. The topological polar surface area (TPSA) is 61.6 Å². The maximum absolute atomic E-state index is 12.2. The molecule has 6 nitrogen and oxygen atoms in total. The molecule has 1 fully saturated rings. The zero-order chi connectivity index (χ0) is 17.1. The number of amides is 2. The molecule has 4 rings (SSSR count). The minimum atomic E-state index is -0.126. The fraction of sp³-hybridized carbons (Fsp3) is 0.263. The Kier molecular flexibility index (Phi) is 4.35. The summed E-state index contributed by atoms with van der Waals surface area (Å²) in [5.74, 6) is 0.448. The van der Waals surface area contributed by atoms with Crippen molar-refractivity contribution in [3.63, 3.8) is 0 Å². The molecule has 25 heavy (non-hydrogen) atoms. The van der Waals surface area contributed by atoms with Crippen LogP contribution in [0.5, 0.6) is 0 Å². The largest absolute Gasteiger partial charge is 0.363 e. The standard InChI is InChI=1S/C19H20N4O2/c24-19(20-18-7-12-25-21-18)23-10-8-22(9-11-23)14-15-5-6-16-3-1-2-4-17(16)13-15/h1-7,12-13H,8-11,14H2,(H,20,21,24). The highest BCUT2D eigenvalue weighted by atomic mass is 16.5. The number of benzene rings is 2. The molecular formula is C19H20N4O2. The number of urea groups is 1. The molecule has 0 saturated carbocycles. The Morgan fingerprint density at radius 3 is 2.60 bits per heavy atom. The SMILES string of the molecule is O=C(Nc1ccon1)N1CCN(Cc2ccc3ccccc3c2)CC1. The molecule has 6 heteroatoms. The fourth-order valence-electron chi connectivity index (χ4n) is 3.17. The lowest BCUT2D eigenvalue weighted by molar-refractivity contribution is 0.143. The molecule has 0 unspecified atom stereocenters. The van der Waals surface area contributed by atoms with Crippen molar-refractivity contribution in [2.75, 3.05) is 31.5 Å². The zero-order valence-corrected chi connectivity index (χ0v) is 13.9. The average molecular weight is 336 g/mol. The molecule has 1 saturated heterocycles. The zero-order valence-electron chi connectivity index (χ0n) is 13.9. The van der Waals surface area contributed by atoms with E-state index in [2.05, 4.69) is 57.8 Å². The molecule has 1 aliphatic rings. The molecule has 2 amide bonds. The Balaban J connectivity index is 1.32. The Hall–Kier alpha value is -2.86. The number of nitrogens with one attached hydrogen (secondary N) is 1. The van der Waals surface area contributed by atoms with Crippen molar-refractivity contribution in [3.05, 3.63) is 60.4 Å². The van der Waals surface area contributed by atoms with E-state index in [9.17, 15) is 4.79 Å². The van der Waals surface area contributed by atoms with Crippen LogP contribution in [0.4, 0.5) is 10.6 Å². The lowest BCUT2D eigenvalue weighted by Crippen LogP contribution is -2.49. The number of aromatic nitrogens is 1. The maximum Gasteiger partial charge on any atom is 0.323 e. The molecule has 1 aromatic heterocycles. The quantitative estimate of drug-likeness (QED) is 0.798. The van der Waals surface area contributed by atoms with Crippen molar-refractivity contribution in [1.29, 1.82) is 0 Å². The molecule has 2 aromatic carbocycles. The van der Waals surface area contributed by atoms with E-state index < -0.39 is 0 Å². The van der Waals surface area contributed by atoms with Gasteiger partial charge in [0, 0.05) is 38.8 Å². The van der Waals surface area contributed by atoms with Crippen LogP contribution < -0.4 is 5.32 Å². The van der Waals surface area contributed by atoms with E-state index in [0.717, 1.165) is 19.6 Å². The van der Waals surface area contributed by atoms with Crippen LogP contribution in [0.1, 0.15) is 5.56 Å². The monoisotopic (exact) mass is 336 g/mol. The van der Waals surface area contributed by atoms with Crippen molar-refractivity contribution < 1.29 is 9.32 Å². The van der Waals surface area contributed by atoms with E-state index >= 15 is 0 Å². The van der Waals surface area contributed by atoms with E-state index in [1.54, 1.807) is 6.07 Å². The van der Waals surface area contributed by atoms with Gasteiger partial charge < -0.3 is 9.42 Å². The minimum absolute atomic E-state index is 0.126. The molecule has 1 aliphatic heterocycles. The van der Waals surface area contributed by atoms with Gasteiger partial charge in [0.2, 0.25) is 0 Å². The number of rotatable bonds is 3. The molecule has 0 atom stereocenters. The Morgan fingerprint density at radius 1 is 1.04 bits per heavy atom. The first kappa shape index (κ1) is 15.7. The predicted octanol–water partition coefficient (Wildman–Crippen LogP) is 3.18. The summed E-state index contributed by atoms with van der Waals surface area (Å²) < 4.78 is 4.73. The Morgan fingerprint density at radius 2 is 1.84 bits per heavy atom. The molecule has 1 N–H and O–H groups in total. The lowest BCUT2D eigenvalue weighted by atomic mass is 10.1. The van der Waals surface area contributed by atoms with E-state index in [-0.39, 0.29) is 6.03 Å². The second kappa shape index (κ2) is 6.94. The summed E-state index contributed by atoms with van der Waals surface area (Å²) in [7, 11) is 0. The van der Waals surface area contributed by atoms with Gasteiger partial charge in [-0.1, -0.05) is 41.6 Å². The number of carbonyl (C=O) groups is 1. The van der Waals surface area contributed by atoms with Gasteiger partial charge in [-0.25, -0.2) is 4.79 Å². The van der Waals surface area contributed by atoms with E-state index in [1.807, 2.05) is 4.90 Å². The summed E-state index contributed by atoms with van der Waals surface area (Å²) in [6.07, 6.45) is 1.44. The summed E-state index contributed by atoms with van der Waals surface area (Å²) in [4.78, 5) is 16.4. The van der Waals surface area contributed by atoms with Gasteiger partial charge >= 0.3 is 6.03 Å². The number of nitrogens with zero attached hydrogens (tertiary/aromatic N) is 3. The van der Waals surface area contributed by atoms with Crippen LogP contribution in [0.2, 0.25) is 0 Å². The smallest absolute Gasteiger partial charge is 0.323 e. The Labute approximate surface area is 146 Å². The minimum Gasteiger partial charge on any atom is -0.363 e. The van der Waals surface area contributed by atoms with Crippen LogP contribution >= 0.6 is 0 Å². The first-order valence-corrected chi connectivity index (χ1v) is 8.44. The second-order valence-electron chi connectivity index (χ2n) is 6.26. The highest BCUT2D eigenvalue weighted by Crippen LogP contribution is 2.17. The third-order valence-electron chi connectivity index (χ3n) is 4.55. The first-order valence-electron chi connectivity index (χ1n) is 8.44. The summed E-state index contributed by atoms with van der Waals surface area (Å²) in [5, 5.41) is 8.98. The lowest BCUT2D eigenvalue weighted by Gasteiger charge is -2.34. The van der Waals surface area contributed by atoms with Crippen LogP contribution in [0.25, 0.3) is 10.8 Å². The third-order valence-corrected chi connectivity index (χ3v) is 4.55. The van der Waals surface area contributed by atoms with E-state index in [1.165, 1.54) is 22.6 Å². The molecule has 0 bridgehead atoms. The van der Waals surface area contributed by atoms with Crippen molar-refractivity contribution >= 4 is 22.6 Å². The molecule has 0 radical (unpaired) electrons. The number of piperazine rings is 1. The second-order valence-corrected chi connectivity index (χ2v) is 6.26. The highest BCUT2D eigenvalue weighted by molar-refractivity contribution is 5.88. The number of hydrogen-bond acceptors (Lipinski definition) is 4. The van der Waals surface area contributed by atoms with Gasteiger partial charge in [-0.15, -0.1) is 0 Å². The molecule has 3 aromatic rings. The van der Waals surface area contributed by atoms with Crippen LogP contribution in [-0.2, 0) is 6.54 Å². The summed E-state index contributed by atoms with van der Waals surface area (Å²) in [5.41, 5.74) is 1.30. The molecule has 2 heterocycles. The van der Waals surface area contributed by atoms with Crippen molar-refractivity contribution in [1.82, 2.24) is 15.0 Å². The number of carbonyl (C=O) groups excluding carboxylic acids is 1. The van der Waals surface area contributed by atoms with Gasteiger partial charge in [-0.05, 0) is 22.4 Å². The van der Waals surface area contributed by atoms with Gasteiger partial charge in [0.25, 0.3) is 0 Å². The van der Waals surface area contributed by atoms with Crippen molar-refractivity contribution in [2.24, 2.45) is 0 Å². The summed E-state index contributed by atoms with van der Waals surface area (Å²) in [6.45, 7) is 4.04. The van der Waals surface area contributed by atoms with Gasteiger partial charge in [-0.3, -0.25) is 10.2 Å². The molecule has 0 aliphatic carbocycles. The van der Waals surface area contributed by atoms with Crippen LogP contribution in [0.15, 0.2) is 59.3 Å². The van der Waals surface area contributed by atoms with Gasteiger partial charge in [0.05, 0.1) is 0 Å². The van der Waals surface area contributed by atoms with Crippen molar-refractivity contribution in [3.8, 4) is 0 Å². The van der Waals surface area contributed by atoms with Crippen molar-refractivity contribution in [2.45, 2.75) is 6.54 Å².